The molecular weight excluding hydrogens is 316 g/mol. The first-order valence-corrected chi connectivity index (χ1v) is 7.39. The minimum absolute atomic E-state index is 0.308. The van der Waals surface area contributed by atoms with Crippen molar-refractivity contribution in [3.05, 3.63) is 0 Å². The topological polar surface area (TPSA) is 169 Å². The van der Waals surface area contributed by atoms with Crippen LogP contribution in [0.15, 0.2) is 0 Å². The monoisotopic (exact) mass is 340 g/mol. The van der Waals surface area contributed by atoms with Crippen LogP contribution in [0.5, 0.6) is 0 Å². The summed E-state index contributed by atoms with van der Waals surface area (Å²) in [6.45, 7) is 0.619. The summed E-state index contributed by atoms with van der Waals surface area (Å²) >= 11 is 0. The number of aliphatic hydroxyl groups is 7. The molecule has 7 N–H and O–H groups in total. The van der Waals surface area contributed by atoms with Crippen LogP contribution >= 0.6 is 0 Å². The normalized spacial score (nSPS) is 51.7. The van der Waals surface area contributed by atoms with Crippen molar-refractivity contribution in [1.29, 1.82) is 0 Å². The van der Waals surface area contributed by atoms with Crippen LogP contribution in [-0.2, 0) is 14.2 Å². The Morgan fingerprint density at radius 1 is 0.739 bits per heavy atom. The number of ether oxygens (including phenoxy) is 3. The molecule has 0 spiro atoms. The molecule has 1 unspecified atom stereocenters. The third-order valence-electron chi connectivity index (χ3n) is 4.22. The highest BCUT2D eigenvalue weighted by Gasteiger charge is 2.46. The highest BCUT2D eigenvalue weighted by Crippen LogP contribution is 2.25. The second-order valence-electron chi connectivity index (χ2n) is 5.88. The fraction of sp³-hybridized carbons (Fsp3) is 1.00. The summed E-state index contributed by atoms with van der Waals surface area (Å²) in [4.78, 5) is 0. The number of hydrogen-bond acceptors (Lipinski definition) is 10. The summed E-state index contributed by atoms with van der Waals surface area (Å²) < 4.78 is 15.7. The average Bonchev–Trinajstić information content (AvgIpc) is 2.54. The minimum atomic E-state index is -1.57. The van der Waals surface area contributed by atoms with E-state index in [4.69, 9.17) is 19.3 Å². The number of hydrogen-bond donors (Lipinski definition) is 7. The summed E-state index contributed by atoms with van der Waals surface area (Å²) in [6.07, 6.45) is -12.9. The van der Waals surface area contributed by atoms with Gasteiger partial charge in [-0.2, -0.15) is 0 Å². The van der Waals surface area contributed by atoms with Gasteiger partial charge in [0.15, 0.2) is 6.29 Å². The summed E-state index contributed by atoms with van der Waals surface area (Å²) in [5, 5.41) is 67.4. The van der Waals surface area contributed by atoms with Gasteiger partial charge in [-0.15, -0.1) is 0 Å². The second kappa shape index (κ2) is 7.66. The first kappa shape index (κ1) is 18.9. The van der Waals surface area contributed by atoms with Crippen molar-refractivity contribution in [1.82, 2.24) is 0 Å². The highest BCUT2D eigenvalue weighted by atomic mass is 16.7. The van der Waals surface area contributed by atoms with E-state index in [1.165, 1.54) is 6.92 Å². The Bertz CT molecular complexity index is 380. The van der Waals surface area contributed by atoms with E-state index in [9.17, 15) is 30.6 Å². The molecule has 10 nitrogen and oxygen atoms in total. The Morgan fingerprint density at radius 3 is 1.91 bits per heavy atom. The van der Waals surface area contributed by atoms with Gasteiger partial charge < -0.3 is 50.0 Å². The molecule has 10 atom stereocenters. The van der Waals surface area contributed by atoms with Gasteiger partial charge in [-0.05, 0) is 6.92 Å². The zero-order chi connectivity index (χ0) is 17.3. The smallest absolute Gasteiger partial charge is 0.186 e. The van der Waals surface area contributed by atoms with E-state index in [0.29, 0.717) is 0 Å². The molecule has 2 heterocycles. The van der Waals surface area contributed by atoms with Crippen molar-refractivity contribution in [2.45, 2.75) is 68.1 Å². The van der Waals surface area contributed by atoms with Gasteiger partial charge in [0.05, 0.1) is 19.3 Å². The molecule has 0 radical (unpaired) electrons. The zero-order valence-electron chi connectivity index (χ0n) is 12.5. The lowest BCUT2D eigenvalue weighted by molar-refractivity contribution is -0.313. The van der Waals surface area contributed by atoms with Crippen LogP contribution in [0, 0.1) is 0 Å². The molecule has 0 amide bonds. The Kier molecular flexibility index (Phi) is 6.30. The second-order valence-corrected chi connectivity index (χ2v) is 5.88. The standard InChI is InChI=1S/C13H24O10/c1-4-7(15)10(18)9(17)6(22-4)3-21-13-12(20)11(19)8(16)5(2-14)23-13/h4-20H,2-3H2,1H3/t4?,5-,6-,7+,8-,9-,10-,11+,12-,13+/m1/s1. The van der Waals surface area contributed by atoms with Gasteiger partial charge in [-0.3, -0.25) is 0 Å². The van der Waals surface area contributed by atoms with Crippen LogP contribution < -0.4 is 0 Å². The Balaban J connectivity index is 1.94. The Labute approximate surface area is 132 Å². The fourth-order valence-corrected chi connectivity index (χ4v) is 2.67. The molecule has 136 valence electrons. The summed E-state index contributed by atoms with van der Waals surface area (Å²) in [5.41, 5.74) is 0. The van der Waals surface area contributed by atoms with Gasteiger partial charge in [-0.1, -0.05) is 0 Å². The van der Waals surface area contributed by atoms with Gasteiger partial charge in [0.2, 0.25) is 0 Å². The lowest BCUT2D eigenvalue weighted by Crippen LogP contribution is -2.61. The maximum atomic E-state index is 9.87. The van der Waals surface area contributed by atoms with Crippen LogP contribution in [0.4, 0.5) is 0 Å². The quantitative estimate of drug-likeness (QED) is 0.265. The highest BCUT2D eigenvalue weighted by molar-refractivity contribution is 4.92. The molecule has 0 aromatic heterocycles. The molecule has 0 aromatic carbocycles. The molecule has 2 aliphatic rings. The first-order chi connectivity index (χ1) is 10.8. The SMILES string of the molecule is CC1O[C@H](CO[C@H]2O[C@H](CO)[C@@H](O)[C@H](O)[C@H]2O)[C@@H](O)[C@H](O)[C@H]1O. The maximum absolute atomic E-state index is 9.87. The molecule has 0 aliphatic carbocycles. The van der Waals surface area contributed by atoms with Crippen LogP contribution in [0.25, 0.3) is 0 Å². The van der Waals surface area contributed by atoms with Crippen molar-refractivity contribution in [3.63, 3.8) is 0 Å². The lowest BCUT2D eigenvalue weighted by atomic mass is 9.96. The van der Waals surface area contributed by atoms with E-state index >= 15 is 0 Å². The van der Waals surface area contributed by atoms with Gasteiger partial charge in [-0.25, -0.2) is 0 Å². The molecule has 23 heavy (non-hydrogen) atoms. The molecule has 10 heteroatoms. The van der Waals surface area contributed by atoms with E-state index in [2.05, 4.69) is 0 Å². The maximum Gasteiger partial charge on any atom is 0.186 e. The van der Waals surface area contributed by atoms with Crippen molar-refractivity contribution in [2.75, 3.05) is 13.2 Å². The van der Waals surface area contributed by atoms with E-state index < -0.39 is 67.8 Å². The first-order valence-electron chi connectivity index (χ1n) is 7.39. The molecule has 2 aliphatic heterocycles. The van der Waals surface area contributed by atoms with Crippen LogP contribution in [-0.4, -0.2) is 110 Å². The third-order valence-corrected chi connectivity index (χ3v) is 4.22. The Morgan fingerprint density at radius 2 is 1.30 bits per heavy atom. The van der Waals surface area contributed by atoms with Gasteiger partial charge in [0.25, 0.3) is 0 Å². The van der Waals surface area contributed by atoms with Crippen molar-refractivity contribution in [2.24, 2.45) is 0 Å². The fourth-order valence-electron chi connectivity index (χ4n) is 2.67. The third kappa shape index (κ3) is 3.82. The zero-order valence-corrected chi connectivity index (χ0v) is 12.5. The lowest BCUT2D eigenvalue weighted by Gasteiger charge is -2.42. The van der Waals surface area contributed by atoms with Gasteiger partial charge in [0.1, 0.15) is 48.8 Å². The van der Waals surface area contributed by atoms with Crippen LogP contribution in [0.2, 0.25) is 0 Å². The summed E-state index contributed by atoms with van der Waals surface area (Å²) in [7, 11) is 0. The molecule has 2 fully saturated rings. The Hall–Kier alpha value is -0.400. The van der Waals surface area contributed by atoms with E-state index in [1.54, 1.807) is 0 Å². The van der Waals surface area contributed by atoms with Crippen molar-refractivity contribution in [3.8, 4) is 0 Å². The van der Waals surface area contributed by atoms with Crippen LogP contribution in [0.3, 0.4) is 0 Å². The molecule has 0 saturated carbocycles. The number of aliphatic hydroxyl groups excluding tert-OH is 7. The van der Waals surface area contributed by atoms with E-state index in [0.717, 1.165) is 0 Å². The van der Waals surface area contributed by atoms with Gasteiger partial charge in [0, 0.05) is 0 Å². The average molecular weight is 340 g/mol. The van der Waals surface area contributed by atoms with Crippen molar-refractivity contribution < 1.29 is 50.0 Å². The largest absolute Gasteiger partial charge is 0.394 e. The van der Waals surface area contributed by atoms with E-state index in [1.807, 2.05) is 0 Å². The molecule has 0 aromatic rings. The number of rotatable bonds is 4. The summed E-state index contributed by atoms with van der Waals surface area (Å²) in [5.74, 6) is 0. The molecule has 2 rings (SSSR count). The summed E-state index contributed by atoms with van der Waals surface area (Å²) in [6, 6.07) is 0. The van der Waals surface area contributed by atoms with E-state index in [-0.39, 0.29) is 6.61 Å². The van der Waals surface area contributed by atoms with Crippen molar-refractivity contribution >= 4 is 0 Å². The molecule has 0 bridgehead atoms. The van der Waals surface area contributed by atoms with Crippen LogP contribution in [0.1, 0.15) is 6.92 Å². The predicted molar refractivity (Wildman–Crippen MR) is 72.1 cm³/mol. The molecule has 2 saturated heterocycles. The van der Waals surface area contributed by atoms with Gasteiger partial charge >= 0.3 is 0 Å². The molecular formula is C13H24O10. The minimum Gasteiger partial charge on any atom is -0.394 e. The predicted octanol–water partition coefficient (Wildman–Crippen LogP) is -4.33.